The summed E-state index contributed by atoms with van der Waals surface area (Å²) in [6, 6.07) is 13.2. The molecule has 3 aromatic rings. The molecule has 4 rings (SSSR count). The monoisotopic (exact) mass is 442 g/mol. The third-order valence-electron chi connectivity index (χ3n) is 5.84. The van der Waals surface area contributed by atoms with Gasteiger partial charge in [0.25, 0.3) is 5.56 Å². The average molecular weight is 443 g/mol. The molecule has 6 heteroatoms. The number of hydrogen-bond donors (Lipinski definition) is 0. The number of nitrogens with zero attached hydrogens (tertiary/aromatic N) is 4. The molecular formula is C27H30N4O2. The largest absolute Gasteiger partial charge is 0.485 e. The van der Waals surface area contributed by atoms with E-state index < -0.39 is 0 Å². The predicted octanol–water partition coefficient (Wildman–Crippen LogP) is 3.83. The van der Waals surface area contributed by atoms with E-state index in [0.29, 0.717) is 17.0 Å². The zero-order chi connectivity index (χ0) is 23.4. The molecule has 0 amide bonds. The molecule has 0 unspecified atom stereocenters. The number of likely N-dealkylation sites (tertiary alicyclic amines) is 1. The van der Waals surface area contributed by atoms with Crippen molar-refractivity contribution in [1.29, 1.82) is 0 Å². The minimum atomic E-state index is -0.104. The second-order valence-electron chi connectivity index (χ2n) is 9.40. The number of rotatable bonds is 6. The molecule has 0 saturated carbocycles. The van der Waals surface area contributed by atoms with Crippen LogP contribution < -0.4 is 10.3 Å². The minimum absolute atomic E-state index is 0.102. The maximum absolute atomic E-state index is 12.9. The van der Waals surface area contributed by atoms with Crippen LogP contribution in [0.3, 0.4) is 0 Å². The van der Waals surface area contributed by atoms with Crippen LogP contribution in [-0.4, -0.2) is 39.1 Å². The zero-order valence-corrected chi connectivity index (χ0v) is 19.7. The van der Waals surface area contributed by atoms with Gasteiger partial charge in [0, 0.05) is 42.8 Å². The van der Waals surface area contributed by atoms with Crippen molar-refractivity contribution in [2.75, 3.05) is 19.6 Å². The Hall–Kier alpha value is -3.43. The van der Waals surface area contributed by atoms with E-state index in [2.05, 4.69) is 40.6 Å². The quantitative estimate of drug-likeness (QED) is 0.543. The molecule has 1 aromatic carbocycles. The van der Waals surface area contributed by atoms with E-state index in [1.165, 1.54) is 6.07 Å². The van der Waals surface area contributed by atoms with Gasteiger partial charge < -0.3 is 9.30 Å². The summed E-state index contributed by atoms with van der Waals surface area (Å²) in [6.07, 6.45) is 3.33. The summed E-state index contributed by atoms with van der Waals surface area (Å²) >= 11 is 0. The second-order valence-corrected chi connectivity index (χ2v) is 9.40. The number of aromatic nitrogens is 3. The fraction of sp³-hybridized carbons (Fsp3) is 0.370. The molecule has 3 heterocycles. The highest BCUT2D eigenvalue weighted by atomic mass is 16.5. The minimum Gasteiger partial charge on any atom is -0.485 e. The molecule has 6 nitrogen and oxygen atoms in total. The van der Waals surface area contributed by atoms with Crippen LogP contribution >= 0.6 is 0 Å². The molecule has 0 N–H and O–H groups in total. The fourth-order valence-corrected chi connectivity index (χ4v) is 4.34. The number of pyridine rings is 1. The number of ether oxygens (including phenoxy) is 1. The Morgan fingerprint density at radius 2 is 1.82 bits per heavy atom. The molecule has 33 heavy (non-hydrogen) atoms. The summed E-state index contributed by atoms with van der Waals surface area (Å²) in [5, 5.41) is 0. The van der Waals surface area contributed by atoms with E-state index in [1.54, 1.807) is 23.0 Å². The number of hydrogen-bond acceptors (Lipinski definition) is 5. The molecule has 0 aliphatic carbocycles. The Labute approximate surface area is 195 Å². The van der Waals surface area contributed by atoms with Crippen molar-refractivity contribution in [2.24, 2.45) is 5.41 Å². The first kappa shape index (κ1) is 22.8. The molecule has 2 aromatic heterocycles. The van der Waals surface area contributed by atoms with Crippen LogP contribution in [0, 0.1) is 24.2 Å². The van der Waals surface area contributed by atoms with Gasteiger partial charge in [-0.25, -0.2) is 9.97 Å². The third kappa shape index (κ3) is 5.68. The lowest BCUT2D eigenvalue weighted by atomic mass is 9.84. The molecule has 1 saturated heterocycles. The fourth-order valence-electron chi connectivity index (χ4n) is 4.34. The maximum Gasteiger partial charge on any atom is 0.254 e. The maximum atomic E-state index is 12.9. The van der Waals surface area contributed by atoms with Gasteiger partial charge in [-0.3, -0.25) is 9.69 Å². The summed E-state index contributed by atoms with van der Waals surface area (Å²) in [5.74, 6) is 7.61. The van der Waals surface area contributed by atoms with Crippen LogP contribution in [0.4, 0.5) is 0 Å². The molecule has 0 spiro atoms. The average Bonchev–Trinajstić information content (AvgIpc) is 2.77. The van der Waals surface area contributed by atoms with Gasteiger partial charge in [-0.05, 0) is 49.1 Å². The molecule has 1 aliphatic heterocycles. The highest BCUT2D eigenvalue weighted by Gasteiger charge is 2.32. The van der Waals surface area contributed by atoms with E-state index in [9.17, 15) is 4.79 Å². The lowest BCUT2D eigenvalue weighted by Gasteiger charge is -2.44. The number of benzene rings is 1. The lowest BCUT2D eigenvalue weighted by Crippen LogP contribution is -2.52. The van der Waals surface area contributed by atoms with Crippen LogP contribution in [0.5, 0.6) is 5.75 Å². The van der Waals surface area contributed by atoms with Crippen molar-refractivity contribution >= 4 is 0 Å². The van der Waals surface area contributed by atoms with Crippen molar-refractivity contribution in [3.05, 3.63) is 87.9 Å². The Bertz CT molecular complexity index is 1210. The molecule has 1 atom stereocenters. The van der Waals surface area contributed by atoms with Crippen molar-refractivity contribution in [3.63, 3.8) is 0 Å². The van der Waals surface area contributed by atoms with E-state index in [4.69, 9.17) is 4.74 Å². The first-order valence-electron chi connectivity index (χ1n) is 11.2. The van der Waals surface area contributed by atoms with E-state index in [1.807, 2.05) is 44.2 Å². The Morgan fingerprint density at radius 1 is 1.12 bits per heavy atom. The summed E-state index contributed by atoms with van der Waals surface area (Å²) in [7, 11) is 0. The Morgan fingerprint density at radius 3 is 2.45 bits per heavy atom. The van der Waals surface area contributed by atoms with Gasteiger partial charge in [-0.1, -0.05) is 37.8 Å². The van der Waals surface area contributed by atoms with E-state index in [0.717, 1.165) is 36.5 Å². The highest BCUT2D eigenvalue weighted by molar-refractivity contribution is 5.38. The summed E-state index contributed by atoms with van der Waals surface area (Å²) in [4.78, 5) is 23.5. The van der Waals surface area contributed by atoms with Gasteiger partial charge in [0.05, 0.1) is 12.6 Å². The topological polar surface area (TPSA) is 60.3 Å². The number of aryl methyl sites for hydroxylation is 1. The van der Waals surface area contributed by atoms with Gasteiger partial charge in [-0.15, -0.1) is 0 Å². The van der Waals surface area contributed by atoms with Crippen molar-refractivity contribution < 1.29 is 4.74 Å². The van der Waals surface area contributed by atoms with Crippen LogP contribution in [0.1, 0.15) is 49.5 Å². The van der Waals surface area contributed by atoms with E-state index >= 15 is 0 Å². The standard InChI is InChI=1S/C27H30N4O2/c1-20-15-24(33-17-25-28-12-6-13-29-25)16-26(32)31(20)21(2)23-10-8-22(9-11-23)7-5-14-30-18-27(3,4)19-30/h6,8-13,15-16,21H,14,17-19H2,1-4H3/t21-/m1/s1. The first-order valence-corrected chi connectivity index (χ1v) is 11.2. The molecular weight excluding hydrogens is 412 g/mol. The Balaban J connectivity index is 1.41. The van der Waals surface area contributed by atoms with Gasteiger partial charge in [-0.2, -0.15) is 0 Å². The van der Waals surface area contributed by atoms with Crippen LogP contribution in [0.2, 0.25) is 0 Å². The predicted molar refractivity (Wildman–Crippen MR) is 129 cm³/mol. The van der Waals surface area contributed by atoms with Crippen LogP contribution in [0.25, 0.3) is 0 Å². The SMILES string of the molecule is Cc1cc(OCc2ncccn2)cc(=O)n1[C@H](C)c1ccc(C#CCN2CC(C)(C)C2)cc1. The smallest absolute Gasteiger partial charge is 0.254 e. The molecule has 0 bridgehead atoms. The van der Waals surface area contributed by atoms with Gasteiger partial charge in [0.15, 0.2) is 5.82 Å². The van der Waals surface area contributed by atoms with Gasteiger partial charge >= 0.3 is 0 Å². The normalized spacial score (nSPS) is 15.8. The Kier molecular flexibility index (Phi) is 6.62. The third-order valence-corrected chi connectivity index (χ3v) is 5.84. The van der Waals surface area contributed by atoms with Crippen molar-refractivity contribution in [1.82, 2.24) is 19.4 Å². The van der Waals surface area contributed by atoms with Gasteiger partial charge in [0.1, 0.15) is 12.4 Å². The molecule has 1 aliphatic rings. The van der Waals surface area contributed by atoms with Crippen molar-refractivity contribution in [3.8, 4) is 17.6 Å². The summed E-state index contributed by atoms with van der Waals surface area (Å²) < 4.78 is 7.51. The lowest BCUT2D eigenvalue weighted by molar-refractivity contribution is 0.0443. The highest BCUT2D eigenvalue weighted by Crippen LogP contribution is 2.27. The van der Waals surface area contributed by atoms with E-state index in [-0.39, 0.29) is 18.2 Å². The molecule has 0 radical (unpaired) electrons. The van der Waals surface area contributed by atoms with Crippen molar-refractivity contribution in [2.45, 2.75) is 40.3 Å². The van der Waals surface area contributed by atoms with Crippen LogP contribution in [0.15, 0.2) is 59.7 Å². The molecule has 170 valence electrons. The summed E-state index contributed by atoms with van der Waals surface area (Å²) in [6.45, 7) is 11.7. The van der Waals surface area contributed by atoms with Gasteiger partial charge in [0.2, 0.25) is 0 Å². The summed E-state index contributed by atoms with van der Waals surface area (Å²) in [5.41, 5.74) is 3.20. The molecule has 1 fully saturated rings. The second kappa shape index (κ2) is 9.60. The first-order chi connectivity index (χ1) is 15.8. The van der Waals surface area contributed by atoms with Crippen LogP contribution in [-0.2, 0) is 6.61 Å². The zero-order valence-electron chi connectivity index (χ0n) is 19.7.